The number of benzene rings is 3. The summed E-state index contributed by atoms with van der Waals surface area (Å²) in [5, 5.41) is 21.0. The highest BCUT2D eigenvalue weighted by Crippen LogP contribution is 2.42. The quantitative estimate of drug-likeness (QED) is 0.307. The van der Waals surface area contributed by atoms with E-state index in [1.54, 1.807) is 18.2 Å². The van der Waals surface area contributed by atoms with Crippen molar-refractivity contribution in [1.29, 1.82) is 0 Å². The van der Waals surface area contributed by atoms with E-state index in [4.69, 9.17) is 0 Å². The minimum atomic E-state index is -0.822. The van der Waals surface area contributed by atoms with Crippen molar-refractivity contribution >= 4 is 23.1 Å². The van der Waals surface area contributed by atoms with Crippen LogP contribution in [0.5, 0.6) is 5.75 Å². The van der Waals surface area contributed by atoms with Gasteiger partial charge in [-0.05, 0) is 72.4 Å². The average Bonchev–Trinajstić information content (AvgIpc) is 3.06. The van der Waals surface area contributed by atoms with Gasteiger partial charge in [0.05, 0.1) is 11.6 Å². The summed E-state index contributed by atoms with van der Waals surface area (Å²) in [7, 11) is 0. The first-order valence-corrected chi connectivity index (χ1v) is 11.0. The summed E-state index contributed by atoms with van der Waals surface area (Å²) < 4.78 is 0. The van der Waals surface area contributed by atoms with Crippen LogP contribution in [0.15, 0.2) is 72.3 Å². The Bertz CT molecular complexity index is 1250. The fourth-order valence-corrected chi connectivity index (χ4v) is 4.13. The molecular formula is C28H27NO4. The molecule has 33 heavy (non-hydrogen) atoms. The summed E-state index contributed by atoms with van der Waals surface area (Å²) in [5.41, 5.74) is 4.85. The molecule has 0 radical (unpaired) electrons. The lowest BCUT2D eigenvalue weighted by Gasteiger charge is -2.26. The molecule has 1 fully saturated rings. The SMILES string of the molecule is Cc1ccc(/C(O)=C2/C(=O)C(=O)N(c3ccc(C(C)C)cc3)C2c2ccc(O)cc2)cc1C. The van der Waals surface area contributed by atoms with Gasteiger partial charge < -0.3 is 10.2 Å². The smallest absolute Gasteiger partial charge is 0.300 e. The van der Waals surface area contributed by atoms with E-state index in [9.17, 15) is 19.8 Å². The van der Waals surface area contributed by atoms with Gasteiger partial charge in [0.15, 0.2) is 0 Å². The predicted molar refractivity (Wildman–Crippen MR) is 129 cm³/mol. The van der Waals surface area contributed by atoms with Gasteiger partial charge in [-0.25, -0.2) is 0 Å². The van der Waals surface area contributed by atoms with Crippen molar-refractivity contribution in [2.45, 2.75) is 39.7 Å². The molecule has 1 saturated heterocycles. The molecule has 5 heteroatoms. The van der Waals surface area contributed by atoms with Gasteiger partial charge in [0.25, 0.3) is 11.7 Å². The summed E-state index contributed by atoms with van der Waals surface area (Å²) >= 11 is 0. The summed E-state index contributed by atoms with van der Waals surface area (Å²) in [6.07, 6.45) is 0. The third-order valence-corrected chi connectivity index (χ3v) is 6.27. The van der Waals surface area contributed by atoms with Crippen LogP contribution in [0, 0.1) is 13.8 Å². The molecule has 1 unspecified atom stereocenters. The van der Waals surface area contributed by atoms with E-state index < -0.39 is 17.7 Å². The number of hydrogen-bond donors (Lipinski definition) is 2. The number of aryl methyl sites for hydroxylation is 2. The van der Waals surface area contributed by atoms with Gasteiger partial charge in [-0.3, -0.25) is 14.5 Å². The highest BCUT2D eigenvalue weighted by Gasteiger charge is 2.47. The van der Waals surface area contributed by atoms with Crippen LogP contribution in [-0.4, -0.2) is 21.9 Å². The van der Waals surface area contributed by atoms with Crippen molar-refractivity contribution in [3.63, 3.8) is 0 Å². The average molecular weight is 442 g/mol. The van der Waals surface area contributed by atoms with Crippen LogP contribution in [0.4, 0.5) is 5.69 Å². The Hall–Kier alpha value is -3.86. The van der Waals surface area contributed by atoms with Crippen molar-refractivity contribution in [2.24, 2.45) is 0 Å². The predicted octanol–water partition coefficient (Wildman–Crippen LogP) is 5.76. The van der Waals surface area contributed by atoms with Gasteiger partial charge in [0, 0.05) is 11.3 Å². The molecule has 0 bridgehead atoms. The van der Waals surface area contributed by atoms with Crippen molar-refractivity contribution < 1.29 is 19.8 Å². The third-order valence-electron chi connectivity index (χ3n) is 6.27. The molecule has 1 atom stereocenters. The van der Waals surface area contributed by atoms with E-state index in [-0.39, 0.29) is 17.1 Å². The second-order valence-corrected chi connectivity index (χ2v) is 8.81. The van der Waals surface area contributed by atoms with Crippen LogP contribution >= 0.6 is 0 Å². The maximum atomic E-state index is 13.2. The fraction of sp³-hybridized carbons (Fsp3) is 0.214. The lowest BCUT2D eigenvalue weighted by Crippen LogP contribution is -2.29. The van der Waals surface area contributed by atoms with E-state index in [1.165, 1.54) is 17.0 Å². The van der Waals surface area contributed by atoms with Crippen molar-refractivity contribution in [3.8, 4) is 5.75 Å². The summed E-state index contributed by atoms with van der Waals surface area (Å²) in [5.74, 6) is -1.25. The molecule has 1 aliphatic rings. The minimum Gasteiger partial charge on any atom is -0.508 e. The number of aliphatic hydroxyl groups excluding tert-OH is 1. The number of aliphatic hydroxyl groups is 1. The van der Waals surface area contributed by atoms with Gasteiger partial charge in [-0.15, -0.1) is 0 Å². The number of rotatable bonds is 4. The maximum Gasteiger partial charge on any atom is 0.300 e. The molecule has 0 saturated carbocycles. The lowest BCUT2D eigenvalue weighted by molar-refractivity contribution is -0.132. The zero-order chi connectivity index (χ0) is 23.9. The molecule has 3 aromatic rings. The molecule has 0 aliphatic carbocycles. The van der Waals surface area contributed by atoms with Crippen LogP contribution in [0.2, 0.25) is 0 Å². The number of anilines is 1. The molecule has 3 aromatic carbocycles. The molecule has 2 N–H and O–H groups in total. The second kappa shape index (κ2) is 8.58. The standard InChI is InChI=1S/C28H27NO4/c1-16(2)19-7-11-22(12-8-19)29-25(20-9-13-23(30)14-10-20)24(27(32)28(29)33)26(31)21-6-5-17(3)18(4)15-21/h5-16,25,30-31H,1-4H3/b26-24-. The van der Waals surface area contributed by atoms with Crippen LogP contribution in [0.3, 0.4) is 0 Å². The first-order valence-electron chi connectivity index (χ1n) is 11.0. The van der Waals surface area contributed by atoms with Crippen molar-refractivity contribution in [2.75, 3.05) is 4.90 Å². The molecule has 1 aliphatic heterocycles. The molecule has 0 aromatic heterocycles. The number of ketones is 1. The Morgan fingerprint density at radius 2 is 1.52 bits per heavy atom. The largest absolute Gasteiger partial charge is 0.508 e. The van der Waals surface area contributed by atoms with Crippen LogP contribution < -0.4 is 4.90 Å². The number of phenols is 1. The van der Waals surface area contributed by atoms with Gasteiger partial charge in [0.1, 0.15) is 11.5 Å². The lowest BCUT2D eigenvalue weighted by atomic mass is 9.94. The van der Waals surface area contributed by atoms with Gasteiger partial charge in [-0.2, -0.15) is 0 Å². The summed E-state index contributed by atoms with van der Waals surface area (Å²) in [4.78, 5) is 27.9. The van der Waals surface area contributed by atoms with Gasteiger partial charge in [-0.1, -0.05) is 50.2 Å². The summed E-state index contributed by atoms with van der Waals surface area (Å²) in [6, 6.07) is 18.5. The molecular weight excluding hydrogens is 414 g/mol. The van der Waals surface area contributed by atoms with Gasteiger partial charge >= 0.3 is 0 Å². The number of nitrogens with zero attached hydrogens (tertiary/aromatic N) is 1. The summed E-state index contributed by atoms with van der Waals surface area (Å²) in [6.45, 7) is 8.07. The number of amides is 1. The monoisotopic (exact) mass is 441 g/mol. The molecule has 0 spiro atoms. The Balaban J connectivity index is 1.91. The number of hydrogen-bond acceptors (Lipinski definition) is 4. The van der Waals surface area contributed by atoms with Gasteiger partial charge in [0.2, 0.25) is 0 Å². The first kappa shape index (κ1) is 22.3. The normalized spacial score (nSPS) is 17.7. The molecule has 4 rings (SSSR count). The second-order valence-electron chi connectivity index (χ2n) is 8.81. The van der Waals surface area contributed by atoms with Crippen LogP contribution in [0.1, 0.15) is 53.6 Å². The maximum absolute atomic E-state index is 13.2. The Morgan fingerprint density at radius 1 is 0.879 bits per heavy atom. The molecule has 1 heterocycles. The minimum absolute atomic E-state index is 0.0295. The Morgan fingerprint density at radius 3 is 2.09 bits per heavy atom. The Labute approximate surface area is 193 Å². The highest BCUT2D eigenvalue weighted by molar-refractivity contribution is 6.51. The zero-order valence-electron chi connectivity index (χ0n) is 19.2. The van der Waals surface area contributed by atoms with E-state index in [2.05, 4.69) is 13.8 Å². The van der Waals surface area contributed by atoms with E-state index >= 15 is 0 Å². The third kappa shape index (κ3) is 4.02. The van der Waals surface area contributed by atoms with Crippen molar-refractivity contribution in [3.05, 3.63) is 100 Å². The molecule has 168 valence electrons. The number of Topliss-reactive ketones (excluding diaryl/α,β-unsaturated/α-hetero) is 1. The highest BCUT2D eigenvalue weighted by atomic mass is 16.3. The molecule has 1 amide bonds. The van der Waals surface area contributed by atoms with Crippen LogP contribution in [-0.2, 0) is 9.59 Å². The number of phenolic OH excluding ortho intramolecular Hbond substituents is 1. The number of carbonyl (C=O) groups excluding carboxylic acids is 2. The van der Waals surface area contributed by atoms with E-state index in [0.29, 0.717) is 22.7 Å². The fourth-order valence-electron chi connectivity index (χ4n) is 4.13. The molecule has 5 nitrogen and oxygen atoms in total. The topological polar surface area (TPSA) is 77.8 Å². The van der Waals surface area contributed by atoms with Crippen molar-refractivity contribution in [1.82, 2.24) is 0 Å². The number of carbonyl (C=O) groups is 2. The zero-order valence-corrected chi connectivity index (χ0v) is 19.2. The van der Waals surface area contributed by atoms with Crippen LogP contribution in [0.25, 0.3) is 5.76 Å². The first-order chi connectivity index (χ1) is 15.7. The van der Waals surface area contributed by atoms with E-state index in [0.717, 1.165) is 16.7 Å². The van der Waals surface area contributed by atoms with E-state index in [1.807, 2.05) is 50.2 Å². The Kier molecular flexibility index (Phi) is 5.81. The number of aromatic hydroxyl groups is 1.